The Kier molecular flexibility index (Phi) is 7.83. The van der Waals surface area contributed by atoms with E-state index in [0.29, 0.717) is 5.69 Å². The molecule has 1 aromatic carbocycles. The van der Waals surface area contributed by atoms with Crippen LogP contribution in [-0.4, -0.2) is 26.1 Å². The van der Waals surface area contributed by atoms with E-state index in [0.717, 1.165) is 60.3 Å². The maximum atomic E-state index is 13.1. The molecule has 0 unspecified atom stereocenters. The molecule has 0 bridgehead atoms. The van der Waals surface area contributed by atoms with Crippen molar-refractivity contribution in [2.24, 2.45) is 5.41 Å². The quantitative estimate of drug-likeness (QED) is 0.430. The van der Waals surface area contributed by atoms with Crippen molar-refractivity contribution in [2.75, 3.05) is 21.9 Å². The molecule has 7 heteroatoms. The minimum Gasteiger partial charge on any atom is -0.383 e. The highest BCUT2D eigenvalue weighted by molar-refractivity contribution is 7.93. The van der Waals surface area contributed by atoms with Crippen molar-refractivity contribution in [3.63, 3.8) is 0 Å². The van der Waals surface area contributed by atoms with Gasteiger partial charge in [-0.05, 0) is 57.2 Å². The zero-order valence-electron chi connectivity index (χ0n) is 19.7. The number of benzene rings is 1. The Morgan fingerprint density at radius 1 is 1.10 bits per heavy atom. The van der Waals surface area contributed by atoms with E-state index in [1.165, 1.54) is 12.8 Å². The van der Waals surface area contributed by atoms with E-state index < -0.39 is 20.7 Å². The molecule has 0 saturated heterocycles. The molecular weight excluding hydrogens is 398 g/mol. The number of carbonyl (C=O) groups is 1. The number of sulfonamides is 1. The summed E-state index contributed by atoms with van der Waals surface area (Å²) in [5, 5.41) is 5.92. The van der Waals surface area contributed by atoms with Gasteiger partial charge in [0.25, 0.3) is 0 Å². The Morgan fingerprint density at radius 3 is 2.37 bits per heavy atom. The molecule has 0 saturated carbocycles. The second-order valence-electron chi connectivity index (χ2n) is 9.37. The number of hydrogen-bond acceptors (Lipinski definition) is 4. The van der Waals surface area contributed by atoms with Crippen LogP contribution in [0.2, 0.25) is 0 Å². The van der Waals surface area contributed by atoms with Crippen molar-refractivity contribution in [3.05, 3.63) is 16.7 Å². The summed E-state index contributed by atoms with van der Waals surface area (Å²) in [5.41, 5.74) is 4.46. The fourth-order valence-corrected chi connectivity index (χ4v) is 4.64. The molecule has 1 amide bonds. The van der Waals surface area contributed by atoms with Crippen LogP contribution in [0, 0.1) is 19.3 Å². The molecule has 1 heterocycles. The highest BCUT2D eigenvalue weighted by Gasteiger charge is 2.31. The monoisotopic (exact) mass is 437 g/mol. The number of carbonyl (C=O) groups excluding carboxylic acids is 1. The maximum Gasteiger partial charge on any atom is 0.235 e. The first kappa shape index (κ1) is 24.5. The van der Waals surface area contributed by atoms with Crippen molar-refractivity contribution in [3.8, 4) is 0 Å². The first-order valence-electron chi connectivity index (χ1n) is 11.1. The lowest BCUT2D eigenvalue weighted by Gasteiger charge is -2.27. The van der Waals surface area contributed by atoms with Crippen LogP contribution < -0.4 is 15.4 Å². The largest absolute Gasteiger partial charge is 0.383 e. The van der Waals surface area contributed by atoms with Crippen LogP contribution >= 0.6 is 0 Å². The SMILES string of the molecule is CCCCCCC(C)(C)C(=O)Nc1c(C)c2c(c(NS(=O)(=O)C(C)C)c1C)NCC2. The van der Waals surface area contributed by atoms with Gasteiger partial charge in [-0.25, -0.2) is 8.42 Å². The Labute approximate surface area is 182 Å². The molecule has 1 aliphatic rings. The molecule has 2 rings (SSSR count). The first-order chi connectivity index (χ1) is 13.9. The van der Waals surface area contributed by atoms with Gasteiger partial charge in [-0.2, -0.15) is 0 Å². The van der Waals surface area contributed by atoms with E-state index in [2.05, 4.69) is 22.3 Å². The Bertz CT molecular complexity index is 890. The number of unbranched alkanes of at least 4 members (excludes halogenated alkanes) is 3. The third kappa shape index (κ3) is 5.29. The Hall–Kier alpha value is -1.76. The third-order valence-corrected chi connectivity index (χ3v) is 7.91. The number of nitrogens with one attached hydrogen (secondary N) is 3. The fourth-order valence-electron chi connectivity index (χ4n) is 3.87. The van der Waals surface area contributed by atoms with Gasteiger partial charge in [0.2, 0.25) is 15.9 Å². The molecule has 1 aromatic rings. The first-order valence-corrected chi connectivity index (χ1v) is 12.7. The molecule has 30 heavy (non-hydrogen) atoms. The summed E-state index contributed by atoms with van der Waals surface area (Å²) >= 11 is 0. The summed E-state index contributed by atoms with van der Waals surface area (Å²) < 4.78 is 27.9. The van der Waals surface area contributed by atoms with Crippen molar-refractivity contribution in [1.82, 2.24) is 0 Å². The van der Waals surface area contributed by atoms with Gasteiger partial charge in [-0.3, -0.25) is 9.52 Å². The van der Waals surface area contributed by atoms with E-state index in [4.69, 9.17) is 0 Å². The van der Waals surface area contributed by atoms with Crippen LogP contribution in [0.3, 0.4) is 0 Å². The van der Waals surface area contributed by atoms with Gasteiger partial charge in [-0.1, -0.05) is 46.5 Å². The summed E-state index contributed by atoms with van der Waals surface area (Å²) in [6.07, 6.45) is 6.16. The molecule has 0 atom stereocenters. The second kappa shape index (κ2) is 9.58. The van der Waals surface area contributed by atoms with E-state index >= 15 is 0 Å². The number of fused-ring (bicyclic) bond motifs is 1. The topological polar surface area (TPSA) is 87.3 Å². The zero-order valence-corrected chi connectivity index (χ0v) is 20.5. The summed E-state index contributed by atoms with van der Waals surface area (Å²) in [6.45, 7) is 14.1. The average molecular weight is 438 g/mol. The predicted octanol–water partition coefficient (Wildman–Crippen LogP) is 5.36. The Morgan fingerprint density at radius 2 is 1.77 bits per heavy atom. The number of rotatable bonds is 10. The van der Waals surface area contributed by atoms with Gasteiger partial charge in [0, 0.05) is 17.6 Å². The highest BCUT2D eigenvalue weighted by Crippen LogP contribution is 2.43. The van der Waals surface area contributed by atoms with Crippen LogP contribution in [-0.2, 0) is 21.2 Å². The van der Waals surface area contributed by atoms with E-state index in [1.54, 1.807) is 13.8 Å². The lowest BCUT2D eigenvalue weighted by atomic mass is 9.85. The standard InChI is InChI=1S/C23H39N3O3S/c1-8-9-10-11-13-23(6,7)22(27)25-19-16(4)18-12-14-24-21(18)20(17(19)5)26-30(28,29)15(2)3/h15,24,26H,8-14H2,1-7H3,(H,25,27). The molecule has 0 radical (unpaired) electrons. The van der Waals surface area contributed by atoms with Crippen molar-refractivity contribution < 1.29 is 13.2 Å². The number of hydrogen-bond donors (Lipinski definition) is 3. The van der Waals surface area contributed by atoms with Crippen molar-refractivity contribution in [2.45, 2.75) is 92.2 Å². The van der Waals surface area contributed by atoms with Crippen LogP contribution in [0.5, 0.6) is 0 Å². The summed E-state index contributed by atoms with van der Waals surface area (Å²) in [5.74, 6) is -0.0197. The van der Waals surface area contributed by atoms with Crippen LogP contribution in [0.25, 0.3) is 0 Å². The minimum absolute atomic E-state index is 0.0197. The van der Waals surface area contributed by atoms with Crippen molar-refractivity contribution in [1.29, 1.82) is 0 Å². The van der Waals surface area contributed by atoms with Gasteiger partial charge >= 0.3 is 0 Å². The average Bonchev–Trinajstić information content (AvgIpc) is 3.15. The molecule has 170 valence electrons. The van der Waals surface area contributed by atoms with Gasteiger partial charge < -0.3 is 10.6 Å². The fraction of sp³-hybridized carbons (Fsp3) is 0.696. The molecule has 3 N–H and O–H groups in total. The van der Waals surface area contributed by atoms with Gasteiger partial charge in [0.05, 0.1) is 16.6 Å². The van der Waals surface area contributed by atoms with Crippen LogP contribution in [0.15, 0.2) is 0 Å². The smallest absolute Gasteiger partial charge is 0.235 e. The highest BCUT2D eigenvalue weighted by atomic mass is 32.2. The predicted molar refractivity (Wildman–Crippen MR) is 127 cm³/mol. The van der Waals surface area contributed by atoms with Crippen LogP contribution in [0.4, 0.5) is 17.1 Å². The molecule has 0 spiro atoms. The molecular formula is C23H39N3O3S. The van der Waals surface area contributed by atoms with E-state index in [9.17, 15) is 13.2 Å². The molecule has 6 nitrogen and oxygen atoms in total. The zero-order chi connectivity index (χ0) is 22.7. The molecule has 1 aliphatic heterocycles. The van der Waals surface area contributed by atoms with Gasteiger partial charge in [-0.15, -0.1) is 0 Å². The third-order valence-electron chi connectivity index (χ3n) is 6.18. The van der Waals surface area contributed by atoms with E-state index in [-0.39, 0.29) is 5.91 Å². The maximum absolute atomic E-state index is 13.1. The van der Waals surface area contributed by atoms with Gasteiger partial charge in [0.15, 0.2) is 0 Å². The molecule has 0 aromatic heterocycles. The number of anilines is 3. The minimum atomic E-state index is -3.50. The molecule has 0 aliphatic carbocycles. The Balaban J connectivity index is 2.37. The lowest BCUT2D eigenvalue weighted by molar-refractivity contribution is -0.124. The normalized spacial score (nSPS) is 13.9. The molecule has 0 fully saturated rings. The number of amides is 1. The second-order valence-corrected chi connectivity index (χ2v) is 11.6. The summed E-state index contributed by atoms with van der Waals surface area (Å²) in [4.78, 5) is 13.1. The summed E-state index contributed by atoms with van der Waals surface area (Å²) in [7, 11) is -3.50. The summed E-state index contributed by atoms with van der Waals surface area (Å²) in [6, 6.07) is 0. The lowest BCUT2D eigenvalue weighted by Crippen LogP contribution is -2.31. The van der Waals surface area contributed by atoms with E-state index in [1.807, 2.05) is 27.7 Å². The van der Waals surface area contributed by atoms with Crippen molar-refractivity contribution >= 4 is 33.0 Å². The van der Waals surface area contributed by atoms with Gasteiger partial charge in [0.1, 0.15) is 0 Å². The van der Waals surface area contributed by atoms with Crippen LogP contribution in [0.1, 0.15) is 83.4 Å².